The van der Waals surface area contributed by atoms with Crippen molar-refractivity contribution in [2.45, 2.75) is 24.8 Å². The minimum atomic E-state index is -3.82. The molecule has 2 rings (SSSR count). The van der Waals surface area contributed by atoms with Crippen LogP contribution in [0.2, 0.25) is 0 Å². The van der Waals surface area contributed by atoms with Gasteiger partial charge in [-0.1, -0.05) is 6.07 Å². The summed E-state index contributed by atoms with van der Waals surface area (Å²) in [6, 6.07) is 3.76. The summed E-state index contributed by atoms with van der Waals surface area (Å²) in [5.41, 5.74) is 0.411. The highest BCUT2D eigenvalue weighted by molar-refractivity contribution is 7.89. The molecule has 1 unspecified atom stereocenters. The van der Waals surface area contributed by atoms with E-state index in [2.05, 4.69) is 5.32 Å². The van der Waals surface area contributed by atoms with Gasteiger partial charge in [0.25, 0.3) is 5.91 Å². The summed E-state index contributed by atoms with van der Waals surface area (Å²) in [4.78, 5) is 35.2. The average molecular weight is 470 g/mol. The monoisotopic (exact) mass is 469 g/mol. The zero-order valence-corrected chi connectivity index (χ0v) is 18.9. The smallest absolute Gasteiger partial charge is 0.331 e. The number of esters is 1. The van der Waals surface area contributed by atoms with E-state index in [4.69, 9.17) is 14.2 Å². The van der Waals surface area contributed by atoms with E-state index in [1.165, 1.54) is 36.5 Å². The first-order valence-electron chi connectivity index (χ1n) is 9.92. The molecule has 1 fully saturated rings. The molecule has 0 aliphatic carbocycles. The standard InChI is InChI=1S/C20H27N3O8S/c1-4-21-20(26)22-19(25)14(2)31-18(24)8-6-15-5-7-16(29-3)17(13-15)32(27,28)23-9-11-30-12-10-23/h5-8,13-14H,4,9-12H2,1-3H3,(H2,21,22,25,26). The Morgan fingerprint density at radius 3 is 2.56 bits per heavy atom. The van der Waals surface area contributed by atoms with E-state index >= 15 is 0 Å². The summed E-state index contributed by atoms with van der Waals surface area (Å²) < 4.78 is 42.7. The molecule has 0 radical (unpaired) electrons. The molecule has 1 aliphatic rings. The second-order valence-electron chi connectivity index (χ2n) is 6.69. The predicted molar refractivity (Wildman–Crippen MR) is 114 cm³/mol. The van der Waals surface area contributed by atoms with E-state index in [1.807, 2.05) is 5.32 Å². The fraction of sp³-hybridized carbons (Fsp3) is 0.450. The SMILES string of the molecule is CCNC(=O)NC(=O)C(C)OC(=O)C=Cc1ccc(OC)c(S(=O)(=O)N2CCOCC2)c1. The molecule has 3 amide bonds. The first-order chi connectivity index (χ1) is 15.2. The summed E-state index contributed by atoms with van der Waals surface area (Å²) >= 11 is 0. The number of hydrogen-bond donors (Lipinski definition) is 2. The lowest BCUT2D eigenvalue weighted by molar-refractivity contribution is -0.149. The lowest BCUT2D eigenvalue weighted by Crippen LogP contribution is -2.44. The number of rotatable bonds is 8. The third-order valence-electron chi connectivity index (χ3n) is 4.42. The van der Waals surface area contributed by atoms with Crippen molar-refractivity contribution in [3.8, 4) is 5.75 Å². The van der Waals surface area contributed by atoms with Crippen LogP contribution in [0.4, 0.5) is 4.79 Å². The van der Waals surface area contributed by atoms with Crippen LogP contribution in [0.3, 0.4) is 0 Å². The molecule has 11 nitrogen and oxygen atoms in total. The predicted octanol–water partition coefficient (Wildman–Crippen LogP) is 0.507. The third kappa shape index (κ3) is 6.77. The van der Waals surface area contributed by atoms with Gasteiger partial charge in [0.05, 0.1) is 20.3 Å². The molecule has 0 saturated carbocycles. The van der Waals surface area contributed by atoms with Crippen LogP contribution in [0.1, 0.15) is 19.4 Å². The van der Waals surface area contributed by atoms with Crippen LogP contribution in [0.15, 0.2) is 29.2 Å². The van der Waals surface area contributed by atoms with Gasteiger partial charge in [0, 0.05) is 25.7 Å². The topological polar surface area (TPSA) is 140 Å². The molecule has 1 aromatic carbocycles. The third-order valence-corrected chi connectivity index (χ3v) is 6.34. The molecule has 0 spiro atoms. The number of urea groups is 1. The number of carbonyl (C=O) groups excluding carboxylic acids is 3. The van der Waals surface area contributed by atoms with Crippen molar-refractivity contribution in [1.29, 1.82) is 0 Å². The number of hydrogen-bond acceptors (Lipinski definition) is 8. The quantitative estimate of drug-likeness (QED) is 0.414. The Balaban J connectivity index is 2.10. The molecule has 1 saturated heterocycles. The Labute approximate surface area is 186 Å². The molecule has 1 atom stereocenters. The highest BCUT2D eigenvalue weighted by Crippen LogP contribution is 2.28. The molecule has 176 valence electrons. The summed E-state index contributed by atoms with van der Waals surface area (Å²) in [6.07, 6.45) is 1.21. The molecule has 0 bridgehead atoms. The van der Waals surface area contributed by atoms with Crippen LogP contribution in [0, 0.1) is 0 Å². The maximum atomic E-state index is 13.0. The number of methoxy groups -OCH3 is 1. The summed E-state index contributed by atoms with van der Waals surface area (Å²) in [6.45, 7) is 4.41. The summed E-state index contributed by atoms with van der Waals surface area (Å²) in [5.74, 6) is -1.44. The highest BCUT2D eigenvalue weighted by atomic mass is 32.2. The maximum Gasteiger partial charge on any atom is 0.331 e. The van der Waals surface area contributed by atoms with Gasteiger partial charge in [-0.2, -0.15) is 4.31 Å². The number of sulfonamides is 1. The minimum Gasteiger partial charge on any atom is -0.495 e. The van der Waals surface area contributed by atoms with Crippen molar-refractivity contribution < 1.29 is 37.0 Å². The van der Waals surface area contributed by atoms with Gasteiger partial charge in [-0.05, 0) is 37.6 Å². The van der Waals surface area contributed by atoms with E-state index in [0.29, 0.717) is 25.3 Å². The van der Waals surface area contributed by atoms with Crippen molar-refractivity contribution in [2.24, 2.45) is 0 Å². The van der Waals surface area contributed by atoms with Crippen LogP contribution in [0.5, 0.6) is 5.75 Å². The van der Waals surface area contributed by atoms with Crippen molar-refractivity contribution in [3.63, 3.8) is 0 Å². The number of nitrogens with zero attached hydrogens (tertiary/aromatic N) is 1. The lowest BCUT2D eigenvalue weighted by atomic mass is 10.2. The molecule has 1 heterocycles. The van der Waals surface area contributed by atoms with Gasteiger partial charge in [-0.15, -0.1) is 0 Å². The first-order valence-corrected chi connectivity index (χ1v) is 11.4. The zero-order valence-electron chi connectivity index (χ0n) is 18.1. The molecule has 2 N–H and O–H groups in total. The van der Waals surface area contributed by atoms with E-state index in [9.17, 15) is 22.8 Å². The number of morpholine rings is 1. The zero-order chi connectivity index (χ0) is 23.7. The van der Waals surface area contributed by atoms with Crippen molar-refractivity contribution in [2.75, 3.05) is 40.0 Å². The maximum absolute atomic E-state index is 13.0. The average Bonchev–Trinajstić information content (AvgIpc) is 2.78. The lowest BCUT2D eigenvalue weighted by Gasteiger charge is -2.26. The number of nitrogens with one attached hydrogen (secondary N) is 2. The van der Waals surface area contributed by atoms with Gasteiger partial charge in [0.2, 0.25) is 10.0 Å². The largest absolute Gasteiger partial charge is 0.495 e. The molecular weight excluding hydrogens is 442 g/mol. The van der Waals surface area contributed by atoms with E-state index in [1.54, 1.807) is 13.0 Å². The Hall–Kier alpha value is -2.96. The molecular formula is C20H27N3O8S. The molecule has 12 heteroatoms. The van der Waals surface area contributed by atoms with E-state index in [0.717, 1.165) is 6.08 Å². The second-order valence-corrected chi connectivity index (χ2v) is 8.59. The van der Waals surface area contributed by atoms with Crippen LogP contribution in [-0.2, 0) is 29.1 Å². The van der Waals surface area contributed by atoms with Crippen LogP contribution >= 0.6 is 0 Å². The van der Waals surface area contributed by atoms with Crippen molar-refractivity contribution in [1.82, 2.24) is 14.9 Å². The van der Waals surface area contributed by atoms with Crippen molar-refractivity contribution in [3.05, 3.63) is 29.8 Å². The number of ether oxygens (including phenoxy) is 3. The van der Waals surface area contributed by atoms with Crippen molar-refractivity contribution >= 4 is 34.0 Å². The Morgan fingerprint density at radius 2 is 1.94 bits per heavy atom. The van der Waals surface area contributed by atoms with Gasteiger partial charge < -0.3 is 19.5 Å². The molecule has 1 aliphatic heterocycles. The Bertz CT molecular complexity index is 971. The summed E-state index contributed by atoms with van der Waals surface area (Å²) in [7, 11) is -2.46. The van der Waals surface area contributed by atoms with Gasteiger partial charge >= 0.3 is 12.0 Å². The molecule has 1 aromatic rings. The highest BCUT2D eigenvalue weighted by Gasteiger charge is 2.29. The van der Waals surface area contributed by atoms with Crippen LogP contribution in [-0.4, -0.2) is 76.7 Å². The van der Waals surface area contributed by atoms with Crippen LogP contribution < -0.4 is 15.4 Å². The molecule has 0 aromatic heterocycles. The Kier molecular flexibility index (Phi) is 9.17. The fourth-order valence-electron chi connectivity index (χ4n) is 2.77. The van der Waals surface area contributed by atoms with E-state index in [-0.39, 0.29) is 23.7 Å². The first kappa shape index (κ1) is 25.3. The fourth-order valence-corrected chi connectivity index (χ4v) is 4.37. The van der Waals surface area contributed by atoms with Gasteiger partial charge in [0.15, 0.2) is 6.10 Å². The normalized spacial score (nSPS) is 15.7. The number of benzene rings is 1. The number of imide groups is 1. The van der Waals surface area contributed by atoms with E-state index < -0.39 is 34.0 Å². The van der Waals surface area contributed by atoms with Gasteiger partial charge in [0.1, 0.15) is 10.6 Å². The minimum absolute atomic E-state index is 0.0351. The Morgan fingerprint density at radius 1 is 1.25 bits per heavy atom. The number of amides is 3. The second kappa shape index (κ2) is 11.6. The van der Waals surface area contributed by atoms with Gasteiger partial charge in [-0.25, -0.2) is 18.0 Å². The number of carbonyl (C=O) groups is 3. The summed E-state index contributed by atoms with van der Waals surface area (Å²) in [5, 5.41) is 4.43. The van der Waals surface area contributed by atoms with Gasteiger partial charge in [-0.3, -0.25) is 10.1 Å². The van der Waals surface area contributed by atoms with Crippen LogP contribution in [0.25, 0.3) is 6.08 Å². The molecule has 32 heavy (non-hydrogen) atoms.